The number of hydrogen-bond donors (Lipinski definition) is 1. The number of nitrogens with one attached hydrogen (secondary N) is 1. The molecule has 2 aromatic heterocycles. The van der Waals surface area contributed by atoms with Gasteiger partial charge in [-0.15, -0.1) is 11.3 Å². The monoisotopic (exact) mass is 250 g/mol. The van der Waals surface area contributed by atoms with Gasteiger partial charge in [0.25, 0.3) is 0 Å². The lowest BCUT2D eigenvalue weighted by molar-refractivity contribution is 0.798. The van der Waals surface area contributed by atoms with E-state index in [2.05, 4.69) is 17.2 Å². The van der Waals surface area contributed by atoms with Crippen LogP contribution in [0.25, 0.3) is 10.7 Å². The van der Waals surface area contributed by atoms with Crippen molar-refractivity contribution in [3.8, 4) is 10.7 Å². The highest BCUT2D eigenvalue weighted by Gasteiger charge is 2.13. The van der Waals surface area contributed by atoms with E-state index >= 15 is 0 Å². The maximum Gasteiger partial charge on any atom is 0.142 e. The number of thiazole rings is 1. The largest absolute Gasteiger partial charge is 0.332 e. The zero-order valence-electron chi connectivity index (χ0n) is 10.5. The molecule has 17 heavy (non-hydrogen) atoms. The molecule has 0 fully saturated rings. The van der Waals surface area contributed by atoms with E-state index in [1.165, 1.54) is 10.6 Å². The van der Waals surface area contributed by atoms with Crippen molar-refractivity contribution in [2.45, 2.75) is 26.3 Å². The van der Waals surface area contributed by atoms with Gasteiger partial charge in [0, 0.05) is 18.5 Å². The van der Waals surface area contributed by atoms with Gasteiger partial charge in [-0.25, -0.2) is 9.97 Å². The summed E-state index contributed by atoms with van der Waals surface area (Å²) < 4.78 is 2.01. The summed E-state index contributed by atoms with van der Waals surface area (Å²) >= 11 is 1.76. The first-order valence-corrected chi connectivity index (χ1v) is 6.67. The summed E-state index contributed by atoms with van der Waals surface area (Å²) in [6.45, 7) is 3.08. The second-order valence-electron chi connectivity index (χ2n) is 4.06. The van der Waals surface area contributed by atoms with Gasteiger partial charge < -0.3 is 9.88 Å². The normalized spacial score (nSPS) is 11.0. The molecule has 0 atom stereocenters. The SMILES string of the molecule is CCCc1nc(-c2cncn2C)sc1CNC. The fourth-order valence-electron chi connectivity index (χ4n) is 1.79. The Bertz CT molecular complexity index is 463. The summed E-state index contributed by atoms with van der Waals surface area (Å²) in [6, 6.07) is 0. The fraction of sp³-hybridized carbons (Fsp3) is 0.500. The molecule has 0 aliphatic rings. The standard InChI is InChI=1S/C12H18N4S/c1-4-5-9-11(7-13-2)17-12(15-9)10-6-14-8-16(10)3/h6,8,13H,4-5,7H2,1-3H3. The lowest BCUT2D eigenvalue weighted by atomic mass is 10.2. The number of imidazole rings is 1. The number of aromatic nitrogens is 3. The van der Waals surface area contributed by atoms with E-state index in [-0.39, 0.29) is 0 Å². The van der Waals surface area contributed by atoms with Crippen molar-refractivity contribution < 1.29 is 0 Å². The highest BCUT2D eigenvalue weighted by molar-refractivity contribution is 7.15. The van der Waals surface area contributed by atoms with Crippen molar-refractivity contribution in [1.29, 1.82) is 0 Å². The van der Waals surface area contributed by atoms with E-state index in [0.717, 1.165) is 30.1 Å². The van der Waals surface area contributed by atoms with Crippen LogP contribution in [0, 0.1) is 0 Å². The van der Waals surface area contributed by atoms with E-state index in [1.807, 2.05) is 31.2 Å². The van der Waals surface area contributed by atoms with Crippen LogP contribution >= 0.6 is 11.3 Å². The smallest absolute Gasteiger partial charge is 0.142 e. The minimum atomic E-state index is 0.894. The lowest BCUT2D eigenvalue weighted by Gasteiger charge is -1.98. The van der Waals surface area contributed by atoms with Gasteiger partial charge in [-0.3, -0.25) is 0 Å². The molecule has 0 bridgehead atoms. The van der Waals surface area contributed by atoms with Crippen LogP contribution in [0.1, 0.15) is 23.9 Å². The molecular formula is C12H18N4S. The van der Waals surface area contributed by atoms with Crippen molar-refractivity contribution in [2.24, 2.45) is 7.05 Å². The maximum atomic E-state index is 4.74. The van der Waals surface area contributed by atoms with Crippen LogP contribution in [0.2, 0.25) is 0 Å². The average Bonchev–Trinajstić information content (AvgIpc) is 2.87. The summed E-state index contributed by atoms with van der Waals surface area (Å²) in [5.74, 6) is 0. The molecule has 1 N–H and O–H groups in total. The topological polar surface area (TPSA) is 42.7 Å². The molecule has 0 aromatic carbocycles. The van der Waals surface area contributed by atoms with Gasteiger partial charge in [-0.1, -0.05) is 13.3 Å². The van der Waals surface area contributed by atoms with Crippen LogP contribution in [-0.2, 0) is 20.0 Å². The molecule has 92 valence electrons. The molecule has 0 radical (unpaired) electrons. The van der Waals surface area contributed by atoms with E-state index in [9.17, 15) is 0 Å². The minimum Gasteiger partial charge on any atom is -0.332 e. The average molecular weight is 250 g/mol. The van der Waals surface area contributed by atoms with E-state index in [0.29, 0.717) is 0 Å². The van der Waals surface area contributed by atoms with Gasteiger partial charge >= 0.3 is 0 Å². The second kappa shape index (κ2) is 5.42. The lowest BCUT2D eigenvalue weighted by Crippen LogP contribution is -2.05. The molecule has 2 aromatic rings. The molecular weight excluding hydrogens is 232 g/mol. The van der Waals surface area contributed by atoms with Crippen LogP contribution in [-0.4, -0.2) is 21.6 Å². The summed E-state index contributed by atoms with van der Waals surface area (Å²) in [4.78, 5) is 10.2. The third-order valence-electron chi connectivity index (χ3n) is 2.64. The summed E-state index contributed by atoms with van der Waals surface area (Å²) in [5, 5.41) is 4.27. The van der Waals surface area contributed by atoms with Crippen molar-refractivity contribution in [1.82, 2.24) is 19.9 Å². The molecule has 0 saturated carbocycles. The first-order chi connectivity index (χ1) is 8.26. The Morgan fingerprint density at radius 2 is 2.29 bits per heavy atom. The third kappa shape index (κ3) is 2.56. The fourth-order valence-corrected chi connectivity index (χ4v) is 2.96. The van der Waals surface area contributed by atoms with Crippen LogP contribution in [0.15, 0.2) is 12.5 Å². The van der Waals surface area contributed by atoms with Crippen molar-refractivity contribution >= 4 is 11.3 Å². The summed E-state index contributed by atoms with van der Waals surface area (Å²) in [5.41, 5.74) is 2.32. The van der Waals surface area contributed by atoms with Crippen molar-refractivity contribution in [2.75, 3.05) is 7.05 Å². The Labute approximate surface area is 106 Å². The highest BCUT2D eigenvalue weighted by atomic mass is 32.1. The Balaban J connectivity index is 2.36. The quantitative estimate of drug-likeness (QED) is 0.884. The molecule has 4 nitrogen and oxygen atoms in total. The Morgan fingerprint density at radius 1 is 1.47 bits per heavy atom. The van der Waals surface area contributed by atoms with Crippen LogP contribution in [0.5, 0.6) is 0 Å². The first kappa shape index (κ1) is 12.3. The molecule has 2 heterocycles. The van der Waals surface area contributed by atoms with Gasteiger partial charge in [-0.2, -0.15) is 0 Å². The van der Waals surface area contributed by atoms with Crippen molar-refractivity contribution in [3.05, 3.63) is 23.1 Å². The van der Waals surface area contributed by atoms with E-state index < -0.39 is 0 Å². The molecule has 0 unspecified atom stereocenters. The number of hydrogen-bond acceptors (Lipinski definition) is 4. The molecule has 2 rings (SSSR count). The van der Waals surface area contributed by atoms with E-state index in [1.54, 1.807) is 11.3 Å². The maximum absolute atomic E-state index is 4.74. The summed E-state index contributed by atoms with van der Waals surface area (Å²) in [7, 11) is 3.97. The molecule has 0 saturated heterocycles. The van der Waals surface area contributed by atoms with Crippen LogP contribution < -0.4 is 5.32 Å². The Morgan fingerprint density at radius 3 is 2.88 bits per heavy atom. The van der Waals surface area contributed by atoms with Gasteiger partial charge in [0.05, 0.1) is 23.9 Å². The Kier molecular flexibility index (Phi) is 3.91. The summed E-state index contributed by atoms with van der Waals surface area (Å²) in [6.07, 6.45) is 5.86. The molecule has 5 heteroatoms. The number of aryl methyl sites for hydroxylation is 2. The third-order valence-corrected chi connectivity index (χ3v) is 3.76. The van der Waals surface area contributed by atoms with Gasteiger partial charge in [0.2, 0.25) is 0 Å². The zero-order chi connectivity index (χ0) is 12.3. The first-order valence-electron chi connectivity index (χ1n) is 5.86. The number of nitrogens with zero attached hydrogens (tertiary/aromatic N) is 3. The van der Waals surface area contributed by atoms with Crippen LogP contribution in [0.3, 0.4) is 0 Å². The van der Waals surface area contributed by atoms with Gasteiger partial charge in [-0.05, 0) is 13.5 Å². The van der Waals surface area contributed by atoms with Crippen LogP contribution in [0.4, 0.5) is 0 Å². The molecule has 0 spiro atoms. The minimum absolute atomic E-state index is 0.894. The number of rotatable bonds is 5. The second-order valence-corrected chi connectivity index (χ2v) is 5.14. The van der Waals surface area contributed by atoms with Crippen molar-refractivity contribution in [3.63, 3.8) is 0 Å². The van der Waals surface area contributed by atoms with Gasteiger partial charge in [0.1, 0.15) is 5.01 Å². The Hall–Kier alpha value is -1.20. The highest BCUT2D eigenvalue weighted by Crippen LogP contribution is 2.28. The van der Waals surface area contributed by atoms with Gasteiger partial charge in [0.15, 0.2) is 0 Å². The predicted molar refractivity (Wildman–Crippen MR) is 71.1 cm³/mol. The molecule has 0 aliphatic carbocycles. The molecule has 0 amide bonds. The molecule has 0 aliphatic heterocycles. The van der Waals surface area contributed by atoms with E-state index in [4.69, 9.17) is 4.98 Å². The predicted octanol–water partition coefficient (Wildman–Crippen LogP) is 2.22. The zero-order valence-corrected chi connectivity index (χ0v) is 11.3.